The summed E-state index contributed by atoms with van der Waals surface area (Å²) in [5.74, 6) is 0. The molecule has 2 aliphatic rings. The second-order valence-corrected chi connectivity index (χ2v) is 14.3. The van der Waals surface area contributed by atoms with Crippen molar-refractivity contribution >= 4 is 7.82 Å². The van der Waals surface area contributed by atoms with Gasteiger partial charge in [0.2, 0.25) is 6.23 Å². The number of benzene rings is 1. The predicted octanol–water partition coefficient (Wildman–Crippen LogP) is 8.80. The number of hydrogen-bond donors (Lipinski definition) is 0. The van der Waals surface area contributed by atoms with Crippen LogP contribution in [0, 0.1) is 0 Å². The van der Waals surface area contributed by atoms with Crippen LogP contribution in [0.25, 0.3) is 0 Å². The van der Waals surface area contributed by atoms with Gasteiger partial charge in [-0.25, -0.2) is 9.09 Å². The van der Waals surface area contributed by atoms with Crippen LogP contribution in [0.4, 0.5) is 0 Å². The van der Waals surface area contributed by atoms with Crippen LogP contribution in [0.2, 0.25) is 0 Å². The smallest absolute Gasteiger partial charge is 0.376 e. The summed E-state index contributed by atoms with van der Waals surface area (Å²) in [6, 6.07) is 10.0. The molecule has 2 heterocycles. The first-order valence-corrected chi connectivity index (χ1v) is 18.0. The maximum Gasteiger partial charge on any atom is 0.480 e. The molecule has 0 bridgehead atoms. The molecular weight excluding hydrogens is 537 g/mol. The van der Waals surface area contributed by atoms with Crippen molar-refractivity contribution in [1.82, 2.24) is 0 Å². The number of likely N-dealkylation sites (N-methyl/N-ethyl adjacent to an activating group) is 1. The Morgan fingerprint density at radius 1 is 0.854 bits per heavy atom. The van der Waals surface area contributed by atoms with Gasteiger partial charge in [0.05, 0.1) is 40.0 Å². The fraction of sp³-hybridized carbons (Fsp3) is 0.818. The molecule has 8 heteroatoms. The summed E-state index contributed by atoms with van der Waals surface area (Å²) in [6.45, 7) is 6.43. The van der Waals surface area contributed by atoms with E-state index in [-0.39, 0.29) is 31.1 Å². The van der Waals surface area contributed by atoms with Crippen LogP contribution in [-0.4, -0.2) is 62.9 Å². The molecule has 1 aromatic rings. The third kappa shape index (κ3) is 12.8. The molecule has 7 nitrogen and oxygen atoms in total. The maximum absolute atomic E-state index is 13.3. The Bertz CT molecular complexity index is 869. The summed E-state index contributed by atoms with van der Waals surface area (Å²) in [4.78, 5) is 0. The Labute approximate surface area is 250 Å². The van der Waals surface area contributed by atoms with E-state index in [9.17, 15) is 4.57 Å². The van der Waals surface area contributed by atoms with Gasteiger partial charge in [0.1, 0.15) is 6.10 Å². The minimum absolute atomic E-state index is 0.0941. The fourth-order valence-electron chi connectivity index (χ4n) is 5.80. The van der Waals surface area contributed by atoms with E-state index in [1.807, 2.05) is 37.3 Å². The lowest BCUT2D eigenvalue weighted by Crippen LogP contribution is -2.46. The van der Waals surface area contributed by atoms with Gasteiger partial charge in [-0.15, -0.1) is 0 Å². The lowest BCUT2D eigenvalue weighted by Gasteiger charge is -2.29. The largest absolute Gasteiger partial charge is 0.480 e. The lowest BCUT2D eigenvalue weighted by atomic mass is 10.0. The molecule has 0 saturated carbocycles. The number of phosphoric acid groups is 1. The maximum atomic E-state index is 13.3. The van der Waals surface area contributed by atoms with E-state index in [2.05, 4.69) is 21.0 Å². The first-order valence-electron chi connectivity index (χ1n) is 16.5. The van der Waals surface area contributed by atoms with Crippen LogP contribution >= 0.6 is 7.82 Å². The number of fused-ring (bicyclic) bond motifs is 1. The zero-order chi connectivity index (χ0) is 29.4. The molecule has 0 spiro atoms. The minimum atomic E-state index is -3.63. The van der Waals surface area contributed by atoms with Gasteiger partial charge in [-0.2, -0.15) is 0 Å². The van der Waals surface area contributed by atoms with Crippen molar-refractivity contribution in [3.63, 3.8) is 0 Å². The Morgan fingerprint density at radius 3 is 2.02 bits per heavy atom. The molecule has 0 amide bonds. The molecule has 2 aliphatic heterocycles. The van der Waals surface area contributed by atoms with Crippen molar-refractivity contribution in [2.45, 2.75) is 141 Å². The molecule has 3 rings (SSSR count). The van der Waals surface area contributed by atoms with Crippen LogP contribution in [0.1, 0.15) is 116 Å². The van der Waals surface area contributed by atoms with Crippen molar-refractivity contribution in [3.05, 3.63) is 35.9 Å². The van der Waals surface area contributed by atoms with E-state index < -0.39 is 7.82 Å². The number of likely N-dealkylation sites (tertiary alicyclic amines) is 1. The number of quaternary nitrogens is 1. The van der Waals surface area contributed by atoms with Gasteiger partial charge < -0.3 is 14.0 Å². The van der Waals surface area contributed by atoms with Gasteiger partial charge in [-0.1, -0.05) is 121 Å². The van der Waals surface area contributed by atoms with E-state index in [0.29, 0.717) is 17.7 Å². The normalized spacial score (nSPS) is 24.9. The van der Waals surface area contributed by atoms with Crippen molar-refractivity contribution < 1.29 is 32.1 Å². The van der Waals surface area contributed by atoms with Gasteiger partial charge in [0.25, 0.3) is 0 Å². The highest BCUT2D eigenvalue weighted by Crippen LogP contribution is 2.60. The monoisotopic (exact) mass is 596 g/mol. The van der Waals surface area contributed by atoms with Crippen molar-refractivity contribution in [3.8, 4) is 0 Å². The average molecular weight is 597 g/mol. The third-order valence-electron chi connectivity index (χ3n) is 8.60. The second-order valence-electron chi connectivity index (χ2n) is 12.7. The zero-order valence-electron chi connectivity index (χ0n) is 26.5. The van der Waals surface area contributed by atoms with Crippen molar-refractivity contribution in [2.75, 3.05) is 33.9 Å². The number of phosphoric ester groups is 1. The molecule has 5 atom stereocenters. The summed E-state index contributed by atoms with van der Waals surface area (Å²) in [7, 11) is 0.513. The summed E-state index contributed by atoms with van der Waals surface area (Å²) in [5.41, 5.74) is 1.07. The molecule has 1 aromatic carbocycles. The molecule has 0 N–H and O–H groups in total. The Hall–Kier alpha value is -0.790. The van der Waals surface area contributed by atoms with Crippen LogP contribution in [0.5, 0.6) is 0 Å². The highest BCUT2D eigenvalue weighted by Gasteiger charge is 2.57. The lowest BCUT2D eigenvalue weighted by molar-refractivity contribution is -0.920. The second kappa shape index (κ2) is 18.8. The molecule has 0 radical (unpaired) electrons. The van der Waals surface area contributed by atoms with E-state index in [0.717, 1.165) is 24.9 Å². The quantitative estimate of drug-likeness (QED) is 0.0715. The average Bonchev–Trinajstić information content (AvgIpc) is 3.45. The van der Waals surface area contributed by atoms with Crippen LogP contribution in [0.3, 0.4) is 0 Å². The molecule has 5 unspecified atom stereocenters. The van der Waals surface area contributed by atoms with E-state index >= 15 is 0 Å². The highest BCUT2D eigenvalue weighted by molar-refractivity contribution is 7.48. The molecular formula is C33H59NO6P+. The van der Waals surface area contributed by atoms with E-state index in [1.54, 1.807) is 0 Å². The molecule has 41 heavy (non-hydrogen) atoms. The molecule has 2 fully saturated rings. The number of rotatable bonds is 23. The number of ether oxygens (including phenoxy) is 2. The first kappa shape index (κ1) is 34.7. The summed E-state index contributed by atoms with van der Waals surface area (Å²) in [6.07, 6.45) is 18.5. The van der Waals surface area contributed by atoms with Crippen LogP contribution < -0.4 is 0 Å². The summed E-state index contributed by atoms with van der Waals surface area (Å²) in [5, 5.41) is 0. The standard InChI is InChI=1S/C33H59NO6P/c1-5-6-7-8-9-10-11-12-13-14-15-16-17-21-26-36-29(2)32(37-27-30-22-19-18-20-23-30)28-38-41(35)39-31-24-25-34(3,4)33(31)40-41/h18-20,22-23,29,31-33H,5-17,21,24-28H2,1-4H3/q+1. The van der Waals surface area contributed by atoms with Crippen LogP contribution in [-0.2, 0) is 34.2 Å². The van der Waals surface area contributed by atoms with Gasteiger partial charge in [-0.3, -0.25) is 9.05 Å². The van der Waals surface area contributed by atoms with E-state index in [4.69, 9.17) is 23.0 Å². The molecule has 236 valence electrons. The van der Waals surface area contributed by atoms with Gasteiger partial charge in [0.15, 0.2) is 6.10 Å². The van der Waals surface area contributed by atoms with E-state index in [1.165, 1.54) is 83.5 Å². The van der Waals surface area contributed by atoms with Crippen LogP contribution in [0.15, 0.2) is 30.3 Å². The third-order valence-corrected chi connectivity index (χ3v) is 10.1. The summed E-state index contributed by atoms with van der Waals surface area (Å²) >= 11 is 0. The molecule has 2 saturated heterocycles. The SMILES string of the molecule is CCCCCCCCCCCCCCCCOC(C)C(COP1(=O)OC2CC[N+](C)(C)C2O1)OCc1ccccc1. The highest BCUT2D eigenvalue weighted by atomic mass is 31.2. The zero-order valence-corrected chi connectivity index (χ0v) is 27.4. The van der Waals surface area contributed by atoms with Crippen molar-refractivity contribution in [2.24, 2.45) is 0 Å². The topological polar surface area (TPSA) is 63.2 Å². The number of hydrogen-bond acceptors (Lipinski definition) is 6. The van der Waals surface area contributed by atoms with Gasteiger partial charge in [-0.05, 0) is 18.9 Å². The number of unbranched alkanes of at least 4 members (excludes halogenated alkanes) is 13. The fourth-order valence-corrected chi connectivity index (χ4v) is 7.50. The minimum Gasteiger partial charge on any atom is -0.376 e. The van der Waals surface area contributed by atoms with Crippen molar-refractivity contribution in [1.29, 1.82) is 0 Å². The van der Waals surface area contributed by atoms with Gasteiger partial charge >= 0.3 is 7.82 Å². The predicted molar refractivity (Wildman–Crippen MR) is 166 cm³/mol. The Balaban J connectivity index is 1.30. The Morgan fingerprint density at radius 2 is 1.44 bits per heavy atom. The van der Waals surface area contributed by atoms with Gasteiger partial charge in [0, 0.05) is 13.0 Å². The molecule has 0 aliphatic carbocycles. The Kier molecular flexibility index (Phi) is 15.9. The molecule has 0 aromatic heterocycles. The summed E-state index contributed by atoms with van der Waals surface area (Å²) < 4.78 is 43.7. The first-order chi connectivity index (χ1) is 19.8. The number of nitrogens with zero attached hydrogens (tertiary/aromatic N) is 1.